The Labute approximate surface area is 216 Å². The number of ether oxygens (including phenoxy) is 2. The lowest BCUT2D eigenvalue weighted by molar-refractivity contribution is -0.274. The van der Waals surface area contributed by atoms with Crippen LogP contribution in [0.1, 0.15) is 52.0 Å². The van der Waals surface area contributed by atoms with Gasteiger partial charge < -0.3 is 25.4 Å². The van der Waals surface area contributed by atoms with Crippen molar-refractivity contribution >= 4 is 33.8 Å². The molecule has 0 radical (unpaired) electrons. The van der Waals surface area contributed by atoms with E-state index in [1.54, 1.807) is 18.3 Å². The van der Waals surface area contributed by atoms with Gasteiger partial charge in [-0.2, -0.15) is 4.98 Å². The van der Waals surface area contributed by atoms with Crippen molar-refractivity contribution in [1.29, 1.82) is 0 Å². The van der Waals surface area contributed by atoms with E-state index in [0.717, 1.165) is 25.7 Å². The normalized spacial score (nSPS) is 18.3. The highest BCUT2D eigenvalue weighted by molar-refractivity contribution is 9.10. The molecule has 3 rings (SSSR count). The smallest absolute Gasteiger partial charge is 0.444 e. The molecule has 3 N–H and O–H groups in total. The highest BCUT2D eigenvalue weighted by Crippen LogP contribution is 2.28. The number of amides is 1. The molecule has 1 aromatic carbocycles. The highest BCUT2D eigenvalue weighted by atomic mass is 79.9. The van der Waals surface area contributed by atoms with E-state index in [9.17, 15) is 18.0 Å². The molecule has 198 valence electrons. The van der Waals surface area contributed by atoms with Gasteiger partial charge in [0.05, 0.1) is 4.47 Å². The van der Waals surface area contributed by atoms with Gasteiger partial charge in [-0.15, -0.1) is 13.2 Å². The number of rotatable bonds is 8. The fourth-order valence-electron chi connectivity index (χ4n) is 3.85. The Balaban J connectivity index is 1.49. The summed E-state index contributed by atoms with van der Waals surface area (Å²) in [5, 5.41) is 9.22. The first-order valence-electron chi connectivity index (χ1n) is 11.7. The van der Waals surface area contributed by atoms with Crippen molar-refractivity contribution in [2.24, 2.45) is 5.92 Å². The lowest BCUT2D eigenvalue weighted by atomic mass is 9.86. The number of aromatic nitrogens is 2. The largest absolute Gasteiger partial charge is 0.573 e. The van der Waals surface area contributed by atoms with Gasteiger partial charge >= 0.3 is 12.5 Å². The molecule has 8 nitrogen and oxygen atoms in total. The van der Waals surface area contributed by atoms with Gasteiger partial charge in [0, 0.05) is 30.9 Å². The van der Waals surface area contributed by atoms with Gasteiger partial charge in [-0.3, -0.25) is 0 Å². The van der Waals surface area contributed by atoms with Gasteiger partial charge in [0.2, 0.25) is 5.95 Å². The number of carbonyl (C=O) groups is 1. The first-order chi connectivity index (χ1) is 16.9. The van der Waals surface area contributed by atoms with Gasteiger partial charge in [0.15, 0.2) is 0 Å². The maximum absolute atomic E-state index is 12.7. The Kier molecular flexibility index (Phi) is 9.26. The van der Waals surface area contributed by atoms with Crippen LogP contribution in [0, 0.1) is 5.92 Å². The van der Waals surface area contributed by atoms with Crippen LogP contribution in [0.3, 0.4) is 0 Å². The molecule has 1 heterocycles. The lowest BCUT2D eigenvalue weighted by Gasteiger charge is -2.30. The predicted molar refractivity (Wildman–Crippen MR) is 134 cm³/mol. The van der Waals surface area contributed by atoms with Crippen molar-refractivity contribution in [2.45, 2.75) is 71.0 Å². The first kappa shape index (κ1) is 27.8. The number of alkyl carbamates (subject to hydrolysis) is 1. The number of benzene rings is 1. The maximum atomic E-state index is 12.7. The Hall–Kier alpha value is -2.76. The number of alkyl halides is 3. The van der Waals surface area contributed by atoms with Crippen molar-refractivity contribution in [1.82, 2.24) is 15.3 Å². The molecule has 1 fully saturated rings. The summed E-state index contributed by atoms with van der Waals surface area (Å²) < 4.78 is 48.0. The molecular formula is C24H31BrF3N5O3. The Morgan fingerprint density at radius 3 is 2.47 bits per heavy atom. The zero-order chi connectivity index (χ0) is 26.3. The van der Waals surface area contributed by atoms with E-state index in [1.165, 1.54) is 12.1 Å². The van der Waals surface area contributed by atoms with E-state index in [-0.39, 0.29) is 30.4 Å². The monoisotopic (exact) mass is 573 g/mol. The Bertz CT molecular complexity index is 1020. The number of carbonyl (C=O) groups excluding carboxylic acids is 1. The van der Waals surface area contributed by atoms with Crippen molar-refractivity contribution in [3.8, 4) is 5.75 Å². The molecule has 1 aliphatic carbocycles. The third-order valence-corrected chi connectivity index (χ3v) is 6.09. The molecule has 1 saturated carbocycles. The van der Waals surface area contributed by atoms with Gasteiger partial charge in [-0.05, 0) is 74.4 Å². The Morgan fingerprint density at radius 2 is 1.81 bits per heavy atom. The SMILES string of the molecule is CC(C)(C)OC(=O)N[C@H]1CC[C@H](CNc2nc(NCc3ccccc3OC(F)(F)F)ncc2Br)CC1. The second-order valence-electron chi connectivity index (χ2n) is 9.64. The van der Waals surface area contributed by atoms with Crippen LogP contribution in [0.2, 0.25) is 0 Å². The van der Waals surface area contributed by atoms with Crippen LogP contribution < -0.4 is 20.7 Å². The molecule has 0 atom stereocenters. The van der Waals surface area contributed by atoms with Gasteiger partial charge in [0.1, 0.15) is 17.2 Å². The number of hydrogen-bond donors (Lipinski definition) is 3. The molecule has 1 aromatic heterocycles. The third kappa shape index (κ3) is 9.36. The summed E-state index contributed by atoms with van der Waals surface area (Å²) in [5.41, 5.74) is -0.197. The van der Waals surface area contributed by atoms with Crippen LogP contribution in [0.25, 0.3) is 0 Å². The average Bonchev–Trinajstić information content (AvgIpc) is 2.77. The number of anilines is 2. The Morgan fingerprint density at radius 1 is 1.11 bits per heavy atom. The maximum Gasteiger partial charge on any atom is 0.573 e. The number of hydrogen-bond acceptors (Lipinski definition) is 7. The molecule has 2 aromatic rings. The summed E-state index contributed by atoms with van der Waals surface area (Å²) in [4.78, 5) is 20.6. The first-order valence-corrected chi connectivity index (χ1v) is 12.5. The van der Waals surface area contributed by atoms with Gasteiger partial charge in [-0.1, -0.05) is 18.2 Å². The quantitative estimate of drug-likeness (QED) is 0.343. The van der Waals surface area contributed by atoms with E-state index < -0.39 is 12.0 Å². The standard InChI is InChI=1S/C24H31BrF3N5O3/c1-23(2,3)36-22(34)32-17-10-8-15(9-11-17)12-29-20-18(25)14-31-21(33-20)30-13-16-6-4-5-7-19(16)35-24(26,27)28/h4-7,14-15,17H,8-13H2,1-3H3,(H,32,34)(H2,29,30,31,33)/t15-,17-. The minimum atomic E-state index is -4.77. The van der Waals surface area contributed by atoms with E-state index in [0.29, 0.717) is 28.3 Å². The molecule has 12 heteroatoms. The van der Waals surface area contributed by atoms with Crippen LogP contribution in [0.15, 0.2) is 34.9 Å². The summed E-state index contributed by atoms with van der Waals surface area (Å²) in [6, 6.07) is 6.01. The van der Waals surface area contributed by atoms with Crippen LogP contribution in [0.4, 0.5) is 29.7 Å². The van der Waals surface area contributed by atoms with Crippen LogP contribution in [-0.4, -0.2) is 40.6 Å². The average molecular weight is 574 g/mol. The van der Waals surface area contributed by atoms with Gasteiger partial charge in [-0.25, -0.2) is 9.78 Å². The zero-order valence-corrected chi connectivity index (χ0v) is 22.0. The van der Waals surface area contributed by atoms with E-state index >= 15 is 0 Å². The number of para-hydroxylation sites is 1. The molecule has 0 unspecified atom stereocenters. The number of nitrogens with zero attached hydrogens (tertiary/aromatic N) is 2. The predicted octanol–water partition coefficient (Wildman–Crippen LogP) is 6.25. The molecule has 0 spiro atoms. The van der Waals surface area contributed by atoms with Crippen molar-refractivity contribution in [3.63, 3.8) is 0 Å². The van der Waals surface area contributed by atoms with Crippen LogP contribution in [-0.2, 0) is 11.3 Å². The summed E-state index contributed by atoms with van der Waals surface area (Å²) in [5.74, 6) is 0.991. The lowest BCUT2D eigenvalue weighted by Crippen LogP contribution is -2.41. The van der Waals surface area contributed by atoms with E-state index in [1.807, 2.05) is 20.8 Å². The molecule has 0 aliphatic heterocycles. The zero-order valence-electron chi connectivity index (χ0n) is 20.4. The molecule has 1 amide bonds. The van der Waals surface area contributed by atoms with Gasteiger partial charge in [0.25, 0.3) is 0 Å². The van der Waals surface area contributed by atoms with Crippen LogP contribution >= 0.6 is 15.9 Å². The minimum absolute atomic E-state index is 0.0575. The topological polar surface area (TPSA) is 97.4 Å². The fraction of sp³-hybridized carbons (Fsp3) is 0.542. The molecule has 1 aliphatic rings. The van der Waals surface area contributed by atoms with Crippen LogP contribution in [0.5, 0.6) is 5.75 Å². The summed E-state index contributed by atoms with van der Waals surface area (Å²) in [6.07, 6.45) is 0.0329. The second kappa shape index (κ2) is 12.0. The fourth-order valence-corrected chi connectivity index (χ4v) is 4.18. The minimum Gasteiger partial charge on any atom is -0.444 e. The third-order valence-electron chi connectivity index (χ3n) is 5.51. The van der Waals surface area contributed by atoms with Crippen molar-refractivity contribution in [2.75, 3.05) is 17.2 Å². The highest BCUT2D eigenvalue weighted by Gasteiger charge is 2.32. The van der Waals surface area contributed by atoms with Crippen molar-refractivity contribution in [3.05, 3.63) is 40.5 Å². The van der Waals surface area contributed by atoms with E-state index in [4.69, 9.17) is 4.74 Å². The summed E-state index contributed by atoms with van der Waals surface area (Å²) in [7, 11) is 0. The second-order valence-corrected chi connectivity index (χ2v) is 10.5. The molecule has 36 heavy (non-hydrogen) atoms. The van der Waals surface area contributed by atoms with Crippen molar-refractivity contribution < 1.29 is 27.4 Å². The summed E-state index contributed by atoms with van der Waals surface area (Å²) in [6.45, 7) is 6.26. The molecule has 0 bridgehead atoms. The summed E-state index contributed by atoms with van der Waals surface area (Å²) >= 11 is 3.43. The van der Waals surface area contributed by atoms with E-state index in [2.05, 4.69) is 46.6 Å². The molecular weight excluding hydrogens is 543 g/mol. The number of halogens is 4. The molecule has 0 saturated heterocycles. The number of nitrogens with one attached hydrogen (secondary N) is 3.